The summed E-state index contributed by atoms with van der Waals surface area (Å²) in [5.41, 5.74) is 2.96. The monoisotopic (exact) mass is 329 g/mol. The molecule has 2 aromatic rings. The summed E-state index contributed by atoms with van der Waals surface area (Å²) in [4.78, 5) is 12.8. The van der Waals surface area contributed by atoms with E-state index < -0.39 is 9.84 Å². The quantitative estimate of drug-likeness (QED) is 0.941. The van der Waals surface area contributed by atoms with Crippen LogP contribution in [0.4, 0.5) is 5.69 Å². The highest BCUT2D eigenvalue weighted by atomic mass is 32.2. The highest BCUT2D eigenvalue weighted by Gasteiger charge is 2.26. The van der Waals surface area contributed by atoms with Crippen LogP contribution in [0.2, 0.25) is 0 Å². The molecular formula is C18H19NO3S. The Labute approximate surface area is 136 Å². The Morgan fingerprint density at radius 1 is 1.09 bits per heavy atom. The lowest BCUT2D eigenvalue weighted by Crippen LogP contribution is -2.24. The molecule has 1 aliphatic rings. The van der Waals surface area contributed by atoms with E-state index in [4.69, 9.17) is 0 Å². The average molecular weight is 329 g/mol. The van der Waals surface area contributed by atoms with Crippen LogP contribution in [-0.2, 0) is 21.1 Å². The molecule has 0 bridgehead atoms. The van der Waals surface area contributed by atoms with Crippen molar-refractivity contribution >= 4 is 21.4 Å². The number of carbonyl (C=O) groups excluding carboxylic acids is 1. The van der Waals surface area contributed by atoms with E-state index in [-0.39, 0.29) is 16.7 Å². The molecule has 0 radical (unpaired) electrons. The molecule has 4 nitrogen and oxygen atoms in total. The largest absolute Gasteiger partial charge is 0.326 e. The van der Waals surface area contributed by atoms with Gasteiger partial charge in [-0.1, -0.05) is 24.3 Å². The molecule has 0 heterocycles. The first kappa shape index (κ1) is 15.7. The number of nitrogens with one attached hydrogen (secondary N) is 1. The second-order valence-corrected chi connectivity index (χ2v) is 7.95. The minimum atomic E-state index is -3.22. The number of rotatable bonds is 3. The van der Waals surface area contributed by atoms with Crippen LogP contribution in [0, 0.1) is 0 Å². The fourth-order valence-corrected chi connectivity index (χ4v) is 3.67. The van der Waals surface area contributed by atoms with Crippen molar-refractivity contribution in [3.05, 3.63) is 59.7 Å². The summed E-state index contributed by atoms with van der Waals surface area (Å²) < 4.78 is 22.9. The van der Waals surface area contributed by atoms with Gasteiger partial charge in [0.15, 0.2) is 9.84 Å². The van der Waals surface area contributed by atoms with Gasteiger partial charge in [0.05, 0.1) is 10.8 Å². The highest BCUT2D eigenvalue weighted by molar-refractivity contribution is 7.90. The zero-order valence-electron chi connectivity index (χ0n) is 13.0. The lowest BCUT2D eigenvalue weighted by atomic mass is 9.82. The summed E-state index contributed by atoms with van der Waals surface area (Å²) in [6, 6.07) is 14.3. The zero-order chi connectivity index (χ0) is 16.4. The molecule has 3 rings (SSSR count). The van der Waals surface area contributed by atoms with Crippen LogP contribution in [0.15, 0.2) is 53.4 Å². The van der Waals surface area contributed by atoms with E-state index in [1.807, 2.05) is 18.2 Å². The fourth-order valence-electron chi connectivity index (χ4n) is 3.04. The Hall–Kier alpha value is -2.14. The number of hydrogen-bond donors (Lipinski definition) is 1. The van der Waals surface area contributed by atoms with Crippen LogP contribution >= 0.6 is 0 Å². The molecule has 1 aliphatic carbocycles. The van der Waals surface area contributed by atoms with Gasteiger partial charge < -0.3 is 5.32 Å². The van der Waals surface area contributed by atoms with Gasteiger partial charge in [-0.2, -0.15) is 0 Å². The second-order valence-electron chi connectivity index (χ2n) is 5.93. The Bertz CT molecular complexity index is 826. The molecule has 2 aromatic carbocycles. The zero-order valence-corrected chi connectivity index (χ0v) is 13.8. The van der Waals surface area contributed by atoms with Gasteiger partial charge in [-0.05, 0) is 54.7 Å². The maximum absolute atomic E-state index is 12.6. The maximum atomic E-state index is 12.6. The minimum absolute atomic E-state index is 0.0377. The topological polar surface area (TPSA) is 63.2 Å². The Balaban J connectivity index is 1.78. The number of benzene rings is 2. The van der Waals surface area contributed by atoms with Gasteiger partial charge in [-0.25, -0.2) is 8.42 Å². The standard InChI is InChI=1S/C18H19NO3S/c1-23(21,22)15-11-9-14(10-12-15)19-18(20)17-8-4-6-13-5-2-3-7-16(13)17/h2-3,5,7,9-12,17H,4,6,8H2,1H3,(H,19,20). The number of fused-ring (bicyclic) bond motifs is 1. The van der Waals surface area contributed by atoms with Crippen molar-refractivity contribution < 1.29 is 13.2 Å². The predicted molar refractivity (Wildman–Crippen MR) is 90.3 cm³/mol. The summed E-state index contributed by atoms with van der Waals surface area (Å²) >= 11 is 0. The summed E-state index contributed by atoms with van der Waals surface area (Å²) in [6.07, 6.45) is 4.02. The molecule has 0 saturated heterocycles. The van der Waals surface area contributed by atoms with Gasteiger partial charge in [0.2, 0.25) is 5.91 Å². The lowest BCUT2D eigenvalue weighted by Gasteiger charge is -2.24. The molecule has 0 fully saturated rings. The van der Waals surface area contributed by atoms with Gasteiger partial charge in [0.1, 0.15) is 0 Å². The molecule has 0 aliphatic heterocycles. The van der Waals surface area contributed by atoms with E-state index in [2.05, 4.69) is 11.4 Å². The molecule has 1 atom stereocenters. The van der Waals surface area contributed by atoms with Gasteiger partial charge in [0, 0.05) is 11.9 Å². The molecule has 1 unspecified atom stereocenters. The van der Waals surface area contributed by atoms with Crippen LogP contribution in [0.25, 0.3) is 0 Å². The summed E-state index contributed by atoms with van der Waals surface area (Å²) in [7, 11) is -3.22. The van der Waals surface area contributed by atoms with Crippen LogP contribution in [0.3, 0.4) is 0 Å². The van der Waals surface area contributed by atoms with Crippen LogP contribution in [0.1, 0.15) is 29.9 Å². The van der Waals surface area contributed by atoms with Crippen LogP contribution in [0.5, 0.6) is 0 Å². The number of aryl methyl sites for hydroxylation is 1. The summed E-state index contributed by atoms with van der Waals surface area (Å²) in [6.45, 7) is 0. The molecule has 1 amide bonds. The van der Waals surface area contributed by atoms with E-state index in [9.17, 15) is 13.2 Å². The molecule has 0 aromatic heterocycles. The molecule has 23 heavy (non-hydrogen) atoms. The Kier molecular flexibility index (Phi) is 4.22. The van der Waals surface area contributed by atoms with Gasteiger partial charge in [-0.15, -0.1) is 0 Å². The van der Waals surface area contributed by atoms with E-state index in [0.717, 1.165) is 24.8 Å². The Morgan fingerprint density at radius 3 is 2.48 bits per heavy atom. The number of carbonyl (C=O) groups is 1. The third kappa shape index (κ3) is 3.45. The number of sulfone groups is 1. The van der Waals surface area contributed by atoms with Crippen molar-refractivity contribution in [3.8, 4) is 0 Å². The number of anilines is 1. The normalized spacial score (nSPS) is 17.3. The van der Waals surface area contributed by atoms with E-state index in [1.165, 1.54) is 24.0 Å². The lowest BCUT2D eigenvalue weighted by molar-refractivity contribution is -0.117. The van der Waals surface area contributed by atoms with Gasteiger partial charge >= 0.3 is 0 Å². The fraction of sp³-hybridized carbons (Fsp3) is 0.278. The molecular weight excluding hydrogens is 310 g/mol. The van der Waals surface area contributed by atoms with Crippen LogP contribution < -0.4 is 5.32 Å². The highest BCUT2D eigenvalue weighted by Crippen LogP contribution is 2.32. The van der Waals surface area contributed by atoms with Crippen molar-refractivity contribution in [2.45, 2.75) is 30.1 Å². The van der Waals surface area contributed by atoms with Gasteiger partial charge in [0.25, 0.3) is 0 Å². The molecule has 0 spiro atoms. The first-order valence-electron chi connectivity index (χ1n) is 7.64. The first-order chi connectivity index (χ1) is 10.9. The molecule has 120 valence electrons. The minimum Gasteiger partial charge on any atom is -0.326 e. The summed E-state index contributed by atoms with van der Waals surface area (Å²) in [5.74, 6) is -0.182. The van der Waals surface area contributed by atoms with Crippen LogP contribution in [-0.4, -0.2) is 20.6 Å². The van der Waals surface area contributed by atoms with Crippen molar-refractivity contribution in [2.24, 2.45) is 0 Å². The van der Waals surface area contributed by atoms with E-state index >= 15 is 0 Å². The SMILES string of the molecule is CS(=O)(=O)c1ccc(NC(=O)C2CCCc3ccccc32)cc1. The molecule has 1 N–H and O–H groups in total. The van der Waals surface area contributed by atoms with E-state index in [0.29, 0.717) is 5.69 Å². The molecule has 5 heteroatoms. The number of amides is 1. The second kappa shape index (κ2) is 6.16. The van der Waals surface area contributed by atoms with Gasteiger partial charge in [-0.3, -0.25) is 4.79 Å². The first-order valence-corrected chi connectivity index (χ1v) is 9.53. The number of hydrogen-bond acceptors (Lipinski definition) is 3. The average Bonchev–Trinajstić information content (AvgIpc) is 2.54. The third-order valence-corrected chi connectivity index (χ3v) is 5.36. The van der Waals surface area contributed by atoms with Crippen molar-refractivity contribution in [1.29, 1.82) is 0 Å². The van der Waals surface area contributed by atoms with Crippen molar-refractivity contribution in [1.82, 2.24) is 0 Å². The Morgan fingerprint density at radius 2 is 1.78 bits per heavy atom. The maximum Gasteiger partial charge on any atom is 0.231 e. The predicted octanol–water partition coefficient (Wildman–Crippen LogP) is 3.15. The van der Waals surface area contributed by atoms with Crippen molar-refractivity contribution in [3.63, 3.8) is 0 Å². The van der Waals surface area contributed by atoms with E-state index in [1.54, 1.807) is 12.1 Å². The summed E-state index contributed by atoms with van der Waals surface area (Å²) in [5, 5.41) is 2.90. The molecule has 0 saturated carbocycles. The smallest absolute Gasteiger partial charge is 0.231 e. The van der Waals surface area contributed by atoms with Crippen molar-refractivity contribution in [2.75, 3.05) is 11.6 Å². The third-order valence-electron chi connectivity index (χ3n) is 4.24.